The van der Waals surface area contributed by atoms with Crippen LogP contribution in [0.3, 0.4) is 0 Å². The van der Waals surface area contributed by atoms with Gasteiger partial charge in [-0.1, -0.05) is 19.1 Å². The van der Waals surface area contributed by atoms with E-state index in [1.54, 1.807) is 36.6 Å². The number of rotatable bonds is 6. The Morgan fingerprint density at radius 2 is 1.80 bits per heavy atom. The first-order chi connectivity index (χ1) is 14.4. The van der Waals surface area contributed by atoms with E-state index in [9.17, 15) is 8.42 Å². The van der Waals surface area contributed by atoms with Crippen LogP contribution in [0.1, 0.15) is 18.1 Å². The van der Waals surface area contributed by atoms with Crippen molar-refractivity contribution in [2.24, 2.45) is 0 Å². The molecule has 0 spiro atoms. The fourth-order valence-electron chi connectivity index (χ4n) is 3.17. The smallest absolute Gasteiger partial charge is 0.261 e. The molecule has 0 radical (unpaired) electrons. The molecule has 0 amide bonds. The molecule has 4 aromatic rings. The van der Waals surface area contributed by atoms with E-state index in [1.165, 1.54) is 0 Å². The van der Waals surface area contributed by atoms with E-state index in [1.807, 2.05) is 56.3 Å². The molecule has 1 N–H and O–H groups in total. The molecule has 0 aliphatic carbocycles. The summed E-state index contributed by atoms with van der Waals surface area (Å²) < 4.78 is 34.5. The van der Waals surface area contributed by atoms with E-state index < -0.39 is 10.0 Å². The molecule has 0 bridgehead atoms. The van der Waals surface area contributed by atoms with Gasteiger partial charge in [0.15, 0.2) is 0 Å². The van der Waals surface area contributed by atoms with Gasteiger partial charge in [-0.15, -0.1) is 11.3 Å². The normalized spacial score (nSPS) is 11.6. The highest BCUT2D eigenvalue weighted by atomic mass is 32.2. The summed E-state index contributed by atoms with van der Waals surface area (Å²) in [5.74, 6) is 0.797. The van der Waals surface area contributed by atoms with Gasteiger partial charge in [0, 0.05) is 5.56 Å². The van der Waals surface area contributed by atoms with Crippen LogP contribution in [0.25, 0.3) is 20.8 Å². The number of fused-ring (bicyclic) bond motifs is 1. The van der Waals surface area contributed by atoms with E-state index in [0.717, 1.165) is 44.1 Å². The van der Waals surface area contributed by atoms with Gasteiger partial charge >= 0.3 is 0 Å². The van der Waals surface area contributed by atoms with Gasteiger partial charge in [-0.05, 0) is 73.0 Å². The van der Waals surface area contributed by atoms with Gasteiger partial charge in [-0.25, -0.2) is 13.4 Å². The van der Waals surface area contributed by atoms with Gasteiger partial charge in [0.25, 0.3) is 10.0 Å². The van der Waals surface area contributed by atoms with Crippen LogP contribution in [-0.4, -0.2) is 20.5 Å². The lowest BCUT2D eigenvalue weighted by molar-refractivity contribution is 0.415. The van der Waals surface area contributed by atoms with Crippen LogP contribution in [0, 0.1) is 6.92 Å². The Hall–Kier alpha value is -2.90. The summed E-state index contributed by atoms with van der Waals surface area (Å²) in [6, 6.07) is 18.4. The number of ether oxygens (including phenoxy) is 1. The molecule has 0 aliphatic heterocycles. The van der Waals surface area contributed by atoms with Gasteiger partial charge in [-0.3, -0.25) is 4.72 Å². The maximum absolute atomic E-state index is 12.8. The lowest BCUT2D eigenvalue weighted by Gasteiger charge is -2.12. The average molecular weight is 439 g/mol. The number of nitrogens with one attached hydrogen (secondary N) is 1. The molecule has 0 saturated carbocycles. The van der Waals surface area contributed by atoms with Crippen molar-refractivity contribution in [3.05, 3.63) is 71.8 Å². The molecule has 0 atom stereocenters. The second-order valence-electron chi connectivity index (χ2n) is 6.99. The maximum Gasteiger partial charge on any atom is 0.261 e. The maximum atomic E-state index is 12.8. The summed E-state index contributed by atoms with van der Waals surface area (Å²) in [6.45, 7) is 3.92. The highest BCUT2D eigenvalue weighted by molar-refractivity contribution is 7.92. The SMILES string of the molecule is CCc1ccc(S(=O)(=O)Nc2ccc(-c3nc4ccc(OC)cc4s3)cc2C)cc1. The highest BCUT2D eigenvalue weighted by Crippen LogP contribution is 2.34. The summed E-state index contributed by atoms with van der Waals surface area (Å²) in [6.07, 6.45) is 0.868. The fourth-order valence-corrected chi connectivity index (χ4v) is 5.30. The minimum Gasteiger partial charge on any atom is -0.497 e. The van der Waals surface area contributed by atoms with Crippen molar-refractivity contribution >= 4 is 37.3 Å². The van der Waals surface area contributed by atoms with E-state index in [4.69, 9.17) is 9.72 Å². The molecule has 1 aromatic heterocycles. The topological polar surface area (TPSA) is 68.3 Å². The van der Waals surface area contributed by atoms with Crippen LogP contribution in [0.2, 0.25) is 0 Å². The Morgan fingerprint density at radius 1 is 1.03 bits per heavy atom. The Bertz CT molecular complexity index is 1310. The molecule has 0 saturated heterocycles. The highest BCUT2D eigenvalue weighted by Gasteiger charge is 2.16. The van der Waals surface area contributed by atoms with Crippen molar-refractivity contribution in [2.45, 2.75) is 25.2 Å². The summed E-state index contributed by atoms with van der Waals surface area (Å²) in [5, 5.41) is 0.880. The van der Waals surface area contributed by atoms with Crippen molar-refractivity contribution in [1.82, 2.24) is 4.98 Å². The minimum atomic E-state index is -3.64. The van der Waals surface area contributed by atoms with Crippen LogP contribution in [0.5, 0.6) is 5.75 Å². The summed E-state index contributed by atoms with van der Waals surface area (Å²) in [5.41, 5.74) is 4.35. The number of hydrogen-bond donors (Lipinski definition) is 1. The van der Waals surface area contributed by atoms with Crippen LogP contribution < -0.4 is 9.46 Å². The molecule has 1 heterocycles. The Labute approximate surface area is 180 Å². The van der Waals surface area contributed by atoms with Crippen LogP contribution in [-0.2, 0) is 16.4 Å². The minimum absolute atomic E-state index is 0.253. The lowest BCUT2D eigenvalue weighted by Crippen LogP contribution is -2.13. The van der Waals surface area contributed by atoms with E-state index in [-0.39, 0.29) is 4.90 Å². The van der Waals surface area contributed by atoms with Gasteiger partial charge in [0.2, 0.25) is 0 Å². The number of aryl methyl sites for hydroxylation is 2. The molecule has 30 heavy (non-hydrogen) atoms. The Balaban J connectivity index is 1.61. The third kappa shape index (κ3) is 4.04. The zero-order chi connectivity index (χ0) is 21.3. The first-order valence-corrected chi connectivity index (χ1v) is 11.9. The van der Waals surface area contributed by atoms with Crippen molar-refractivity contribution in [1.29, 1.82) is 0 Å². The average Bonchev–Trinajstić information content (AvgIpc) is 3.18. The zero-order valence-corrected chi connectivity index (χ0v) is 18.6. The summed E-state index contributed by atoms with van der Waals surface area (Å²) in [4.78, 5) is 4.94. The molecule has 0 aliphatic rings. The number of nitrogens with zero attached hydrogens (tertiary/aromatic N) is 1. The molecular formula is C23H22N2O3S2. The Morgan fingerprint density at radius 3 is 2.47 bits per heavy atom. The third-order valence-corrected chi connectivity index (χ3v) is 7.40. The van der Waals surface area contributed by atoms with Gasteiger partial charge < -0.3 is 4.74 Å². The molecule has 0 fully saturated rings. The van der Waals surface area contributed by atoms with Crippen molar-refractivity contribution < 1.29 is 13.2 Å². The number of thiazole rings is 1. The molecule has 0 unspecified atom stereocenters. The standard InChI is InChI=1S/C23H22N2O3S2/c1-4-16-5-9-19(10-6-16)30(26,27)25-20-11-7-17(13-15(20)2)23-24-21-12-8-18(28-3)14-22(21)29-23/h5-14,25H,4H2,1-3H3. The second-order valence-corrected chi connectivity index (χ2v) is 9.70. The lowest BCUT2D eigenvalue weighted by atomic mass is 10.1. The van der Waals surface area contributed by atoms with Crippen LogP contribution in [0.15, 0.2) is 65.6 Å². The number of methoxy groups -OCH3 is 1. The molecule has 5 nitrogen and oxygen atoms in total. The zero-order valence-electron chi connectivity index (χ0n) is 17.0. The number of hydrogen-bond acceptors (Lipinski definition) is 5. The largest absolute Gasteiger partial charge is 0.497 e. The molecule has 3 aromatic carbocycles. The fraction of sp³-hybridized carbons (Fsp3) is 0.174. The monoisotopic (exact) mass is 438 g/mol. The van der Waals surface area contributed by atoms with Gasteiger partial charge in [-0.2, -0.15) is 0 Å². The summed E-state index contributed by atoms with van der Waals surface area (Å²) >= 11 is 1.58. The van der Waals surface area contributed by atoms with Crippen LogP contribution >= 0.6 is 11.3 Å². The van der Waals surface area contributed by atoms with E-state index in [0.29, 0.717) is 5.69 Å². The second kappa shape index (κ2) is 8.08. The molecule has 154 valence electrons. The Kier molecular flexibility index (Phi) is 5.49. The molecular weight excluding hydrogens is 416 g/mol. The third-order valence-electron chi connectivity index (χ3n) is 4.96. The van der Waals surface area contributed by atoms with Crippen molar-refractivity contribution in [3.63, 3.8) is 0 Å². The number of anilines is 1. The molecule has 4 rings (SSSR count). The van der Waals surface area contributed by atoms with E-state index >= 15 is 0 Å². The van der Waals surface area contributed by atoms with E-state index in [2.05, 4.69) is 4.72 Å². The number of benzene rings is 3. The number of aromatic nitrogens is 1. The predicted molar refractivity (Wildman–Crippen MR) is 123 cm³/mol. The van der Waals surface area contributed by atoms with Crippen molar-refractivity contribution in [3.8, 4) is 16.3 Å². The van der Waals surface area contributed by atoms with Crippen LogP contribution in [0.4, 0.5) is 5.69 Å². The predicted octanol–water partition coefficient (Wildman–Crippen LogP) is 5.64. The summed E-state index contributed by atoms with van der Waals surface area (Å²) in [7, 11) is -2.00. The van der Waals surface area contributed by atoms with Crippen molar-refractivity contribution in [2.75, 3.05) is 11.8 Å². The first-order valence-electron chi connectivity index (χ1n) is 9.57. The first kappa shape index (κ1) is 20.4. The molecule has 7 heteroatoms. The van der Waals surface area contributed by atoms with Gasteiger partial charge in [0.1, 0.15) is 10.8 Å². The number of sulfonamides is 1. The van der Waals surface area contributed by atoms with Gasteiger partial charge in [0.05, 0.1) is 27.9 Å². The quantitative estimate of drug-likeness (QED) is 0.423.